The second-order valence-corrected chi connectivity index (χ2v) is 4.41. The molecule has 12 heavy (non-hydrogen) atoms. The molecule has 0 fully saturated rings. The highest BCUT2D eigenvalue weighted by Gasteiger charge is 2.01. The highest BCUT2D eigenvalue weighted by Crippen LogP contribution is 2.20. The van der Waals surface area contributed by atoms with Crippen molar-refractivity contribution >= 4 is 23.3 Å². The molecule has 1 heterocycles. The summed E-state index contributed by atoms with van der Waals surface area (Å²) in [6, 6.07) is 0. The van der Waals surface area contributed by atoms with E-state index in [9.17, 15) is 0 Å². The maximum absolute atomic E-state index is 5.38. The van der Waals surface area contributed by atoms with Gasteiger partial charge in [0, 0.05) is 12.2 Å². The van der Waals surface area contributed by atoms with Gasteiger partial charge in [-0.3, -0.25) is 0 Å². The van der Waals surface area contributed by atoms with Crippen LogP contribution >= 0.6 is 23.3 Å². The van der Waals surface area contributed by atoms with Crippen molar-refractivity contribution in [1.82, 2.24) is 9.36 Å². The van der Waals surface area contributed by atoms with Gasteiger partial charge >= 0.3 is 0 Å². The van der Waals surface area contributed by atoms with E-state index in [0.717, 1.165) is 35.3 Å². The maximum atomic E-state index is 5.38. The molecule has 5 heteroatoms. The molecule has 0 saturated carbocycles. The molecule has 0 unspecified atom stereocenters. The Bertz CT molecular complexity index is 224. The number of nitrogens with zero attached hydrogens (tertiary/aromatic N) is 2. The highest BCUT2D eigenvalue weighted by atomic mass is 32.2. The molecule has 0 saturated heterocycles. The third-order valence-electron chi connectivity index (χ3n) is 1.34. The number of aromatic nitrogens is 2. The van der Waals surface area contributed by atoms with E-state index in [2.05, 4.69) is 16.3 Å². The molecule has 3 nitrogen and oxygen atoms in total. The van der Waals surface area contributed by atoms with E-state index in [-0.39, 0.29) is 0 Å². The minimum absolute atomic E-state index is 0.756. The number of rotatable bonds is 5. The van der Waals surface area contributed by atoms with Gasteiger partial charge in [0.05, 0.1) is 0 Å². The molecule has 0 aliphatic rings. The summed E-state index contributed by atoms with van der Waals surface area (Å²) < 4.78 is 5.26. The van der Waals surface area contributed by atoms with Crippen LogP contribution in [0.25, 0.3) is 0 Å². The van der Waals surface area contributed by atoms with Crippen molar-refractivity contribution in [2.75, 3.05) is 12.3 Å². The van der Waals surface area contributed by atoms with Gasteiger partial charge in [-0.2, -0.15) is 4.37 Å². The number of hydrogen-bond donors (Lipinski definition) is 1. The summed E-state index contributed by atoms with van der Waals surface area (Å²) in [5.41, 5.74) is 5.38. The standard InChI is InChI=1S/C7H13N3S2/c1-2-6-9-7(12-10-6)11-5-3-4-8/h2-5,8H2,1H3. The van der Waals surface area contributed by atoms with Crippen LogP contribution in [-0.2, 0) is 6.42 Å². The summed E-state index contributed by atoms with van der Waals surface area (Å²) in [5, 5.41) is 0. The molecule has 0 aliphatic carbocycles. The van der Waals surface area contributed by atoms with E-state index in [1.54, 1.807) is 11.8 Å². The molecule has 0 spiro atoms. The Morgan fingerprint density at radius 2 is 2.42 bits per heavy atom. The lowest BCUT2D eigenvalue weighted by Crippen LogP contribution is -1.99. The van der Waals surface area contributed by atoms with E-state index in [4.69, 9.17) is 5.73 Å². The Hall–Kier alpha value is -0.130. The quantitative estimate of drug-likeness (QED) is 0.582. The molecule has 0 bridgehead atoms. The lowest BCUT2D eigenvalue weighted by Gasteiger charge is -1.92. The second kappa shape index (κ2) is 5.50. The van der Waals surface area contributed by atoms with Gasteiger partial charge in [-0.15, -0.1) is 0 Å². The molecule has 0 atom stereocenters. The fourth-order valence-corrected chi connectivity index (χ4v) is 2.41. The van der Waals surface area contributed by atoms with Gasteiger partial charge in [0.15, 0.2) is 4.34 Å². The Morgan fingerprint density at radius 3 is 3.00 bits per heavy atom. The van der Waals surface area contributed by atoms with Crippen LogP contribution in [-0.4, -0.2) is 21.7 Å². The zero-order valence-corrected chi connectivity index (χ0v) is 8.75. The molecular weight excluding hydrogens is 190 g/mol. The van der Waals surface area contributed by atoms with E-state index in [1.165, 1.54) is 11.5 Å². The van der Waals surface area contributed by atoms with Gasteiger partial charge < -0.3 is 5.73 Å². The van der Waals surface area contributed by atoms with Crippen LogP contribution in [0.3, 0.4) is 0 Å². The average Bonchev–Trinajstić information content (AvgIpc) is 2.53. The van der Waals surface area contributed by atoms with E-state index in [1.807, 2.05) is 0 Å². The number of thioether (sulfide) groups is 1. The van der Waals surface area contributed by atoms with Crippen LogP contribution in [0.5, 0.6) is 0 Å². The third kappa shape index (κ3) is 3.08. The van der Waals surface area contributed by atoms with E-state index < -0.39 is 0 Å². The SMILES string of the molecule is CCc1nsc(SCCCN)n1. The van der Waals surface area contributed by atoms with Gasteiger partial charge in [0.1, 0.15) is 5.82 Å². The first-order valence-corrected chi connectivity index (χ1v) is 5.78. The molecular formula is C7H13N3S2. The molecule has 1 aromatic heterocycles. The lowest BCUT2D eigenvalue weighted by molar-refractivity contribution is 0.938. The first-order valence-electron chi connectivity index (χ1n) is 4.02. The van der Waals surface area contributed by atoms with Gasteiger partial charge in [-0.1, -0.05) is 18.7 Å². The van der Waals surface area contributed by atoms with Crippen molar-refractivity contribution in [2.24, 2.45) is 5.73 Å². The summed E-state index contributed by atoms with van der Waals surface area (Å²) in [6.45, 7) is 2.82. The van der Waals surface area contributed by atoms with Crippen molar-refractivity contribution in [2.45, 2.75) is 24.1 Å². The van der Waals surface area contributed by atoms with Crippen molar-refractivity contribution in [3.05, 3.63) is 5.82 Å². The summed E-state index contributed by atoms with van der Waals surface area (Å²) in [4.78, 5) is 4.33. The maximum Gasteiger partial charge on any atom is 0.170 e. The molecule has 0 radical (unpaired) electrons. The van der Waals surface area contributed by atoms with Crippen molar-refractivity contribution in [1.29, 1.82) is 0 Å². The average molecular weight is 203 g/mol. The number of nitrogens with two attached hydrogens (primary N) is 1. The predicted octanol–water partition coefficient (Wildman–Crippen LogP) is 1.54. The van der Waals surface area contributed by atoms with Crippen LogP contribution in [0.2, 0.25) is 0 Å². The van der Waals surface area contributed by atoms with Crippen LogP contribution in [0.1, 0.15) is 19.2 Å². The molecule has 0 aliphatic heterocycles. The van der Waals surface area contributed by atoms with Gasteiger partial charge in [0.25, 0.3) is 0 Å². The minimum atomic E-state index is 0.756. The summed E-state index contributed by atoms with van der Waals surface area (Å²) in [5.74, 6) is 2.00. The van der Waals surface area contributed by atoms with Crippen molar-refractivity contribution < 1.29 is 0 Å². The lowest BCUT2D eigenvalue weighted by atomic mass is 10.5. The number of hydrogen-bond acceptors (Lipinski definition) is 5. The van der Waals surface area contributed by atoms with Crippen LogP contribution in [0.15, 0.2) is 4.34 Å². The topological polar surface area (TPSA) is 51.8 Å². The van der Waals surface area contributed by atoms with Gasteiger partial charge in [0.2, 0.25) is 0 Å². The Kier molecular flexibility index (Phi) is 4.57. The smallest absolute Gasteiger partial charge is 0.170 e. The zero-order valence-electron chi connectivity index (χ0n) is 7.12. The monoisotopic (exact) mass is 203 g/mol. The van der Waals surface area contributed by atoms with Gasteiger partial charge in [-0.25, -0.2) is 4.98 Å². The first-order chi connectivity index (χ1) is 5.86. The Labute approximate surface area is 80.9 Å². The van der Waals surface area contributed by atoms with Gasteiger partial charge in [-0.05, 0) is 24.5 Å². The molecule has 0 amide bonds. The first kappa shape index (κ1) is 9.95. The molecule has 0 aromatic carbocycles. The van der Waals surface area contributed by atoms with Crippen molar-refractivity contribution in [3.63, 3.8) is 0 Å². The summed E-state index contributed by atoms with van der Waals surface area (Å²) in [7, 11) is 0. The van der Waals surface area contributed by atoms with Crippen LogP contribution < -0.4 is 5.73 Å². The zero-order chi connectivity index (χ0) is 8.81. The van der Waals surface area contributed by atoms with Crippen molar-refractivity contribution in [3.8, 4) is 0 Å². The molecule has 1 aromatic rings. The van der Waals surface area contributed by atoms with Crippen LogP contribution in [0, 0.1) is 0 Å². The summed E-state index contributed by atoms with van der Waals surface area (Å²) in [6.07, 6.45) is 1.97. The molecule has 2 N–H and O–H groups in total. The third-order valence-corrected chi connectivity index (χ3v) is 3.30. The van der Waals surface area contributed by atoms with Crippen LogP contribution in [0.4, 0.5) is 0 Å². The van der Waals surface area contributed by atoms with E-state index in [0.29, 0.717) is 0 Å². The number of aryl methyl sites for hydroxylation is 1. The fraction of sp³-hybridized carbons (Fsp3) is 0.714. The Balaban J connectivity index is 2.31. The largest absolute Gasteiger partial charge is 0.330 e. The fourth-order valence-electron chi connectivity index (χ4n) is 0.683. The Morgan fingerprint density at radius 1 is 1.58 bits per heavy atom. The normalized spacial score (nSPS) is 10.5. The molecule has 68 valence electrons. The minimum Gasteiger partial charge on any atom is -0.330 e. The second-order valence-electron chi connectivity index (χ2n) is 2.32. The molecule has 1 rings (SSSR count). The summed E-state index contributed by atoms with van der Waals surface area (Å²) >= 11 is 3.23. The van der Waals surface area contributed by atoms with E-state index >= 15 is 0 Å². The predicted molar refractivity (Wildman–Crippen MR) is 53.7 cm³/mol. The highest BCUT2D eigenvalue weighted by molar-refractivity contribution is 8.00.